The standard InChI is InChI=1S/C16H21N5O2S/c1-11-5-3-4-10-21(11)16-20-19-15(24-16)18-14(22)17-12-6-8-13(23-2)9-7-12/h6-9,11H,3-5,10H2,1-2H3,(H2,17,18,19,22)/t11-/m1/s1. The largest absolute Gasteiger partial charge is 0.497 e. The fraction of sp³-hybridized carbons (Fsp3) is 0.438. The number of hydrogen-bond acceptors (Lipinski definition) is 6. The van der Waals surface area contributed by atoms with Crippen LogP contribution in [0.2, 0.25) is 0 Å². The summed E-state index contributed by atoms with van der Waals surface area (Å²) in [6.07, 6.45) is 3.59. The molecule has 2 aromatic rings. The van der Waals surface area contributed by atoms with Gasteiger partial charge in [0.1, 0.15) is 5.75 Å². The van der Waals surface area contributed by atoms with Crippen molar-refractivity contribution in [3.05, 3.63) is 24.3 Å². The van der Waals surface area contributed by atoms with Gasteiger partial charge in [0, 0.05) is 18.3 Å². The van der Waals surface area contributed by atoms with Crippen molar-refractivity contribution in [2.75, 3.05) is 29.2 Å². The van der Waals surface area contributed by atoms with E-state index in [1.165, 1.54) is 30.6 Å². The molecule has 1 aromatic heterocycles. The number of urea groups is 1. The van der Waals surface area contributed by atoms with Crippen LogP contribution in [0, 0.1) is 0 Å². The molecule has 2 N–H and O–H groups in total. The number of methoxy groups -OCH3 is 1. The third kappa shape index (κ3) is 3.94. The van der Waals surface area contributed by atoms with E-state index in [9.17, 15) is 4.79 Å². The summed E-state index contributed by atoms with van der Waals surface area (Å²) in [7, 11) is 1.60. The summed E-state index contributed by atoms with van der Waals surface area (Å²) < 4.78 is 5.09. The zero-order chi connectivity index (χ0) is 16.9. The minimum absolute atomic E-state index is 0.338. The first-order valence-corrected chi connectivity index (χ1v) is 8.79. The third-order valence-electron chi connectivity index (χ3n) is 4.03. The maximum Gasteiger partial charge on any atom is 0.325 e. The predicted octanol–water partition coefficient (Wildman–Crippen LogP) is 3.57. The van der Waals surface area contributed by atoms with Crippen molar-refractivity contribution in [2.24, 2.45) is 0 Å². The third-order valence-corrected chi connectivity index (χ3v) is 4.91. The molecule has 1 aliphatic rings. The Morgan fingerprint density at radius 2 is 2.04 bits per heavy atom. The minimum atomic E-state index is -0.338. The van der Waals surface area contributed by atoms with Gasteiger partial charge in [0.05, 0.1) is 7.11 Å². The molecule has 2 amide bonds. The highest BCUT2D eigenvalue weighted by Crippen LogP contribution is 2.29. The van der Waals surface area contributed by atoms with Gasteiger partial charge in [0.15, 0.2) is 0 Å². The van der Waals surface area contributed by atoms with Crippen molar-refractivity contribution in [3.63, 3.8) is 0 Å². The first-order chi connectivity index (χ1) is 11.7. The Bertz CT molecular complexity index is 688. The maximum atomic E-state index is 12.1. The van der Waals surface area contributed by atoms with Crippen LogP contribution in [-0.2, 0) is 0 Å². The van der Waals surface area contributed by atoms with Crippen LogP contribution in [0.4, 0.5) is 20.7 Å². The van der Waals surface area contributed by atoms with Crippen molar-refractivity contribution in [3.8, 4) is 5.75 Å². The lowest BCUT2D eigenvalue weighted by molar-refractivity contribution is 0.262. The van der Waals surface area contributed by atoms with Gasteiger partial charge in [-0.3, -0.25) is 5.32 Å². The minimum Gasteiger partial charge on any atom is -0.497 e. The van der Waals surface area contributed by atoms with E-state index < -0.39 is 0 Å². The number of rotatable bonds is 4. The lowest BCUT2D eigenvalue weighted by Crippen LogP contribution is -2.37. The molecule has 128 valence electrons. The topological polar surface area (TPSA) is 79.4 Å². The van der Waals surface area contributed by atoms with Crippen LogP contribution in [0.25, 0.3) is 0 Å². The second-order valence-electron chi connectivity index (χ2n) is 5.74. The number of hydrogen-bond donors (Lipinski definition) is 2. The summed E-state index contributed by atoms with van der Waals surface area (Å²) in [4.78, 5) is 14.3. The molecule has 8 heteroatoms. The number of carbonyl (C=O) groups excluding carboxylic acids is 1. The normalized spacial score (nSPS) is 17.4. The number of anilines is 3. The van der Waals surface area contributed by atoms with E-state index in [1.54, 1.807) is 31.4 Å². The summed E-state index contributed by atoms with van der Waals surface area (Å²) in [5.41, 5.74) is 0.683. The molecule has 7 nitrogen and oxygen atoms in total. The Morgan fingerprint density at radius 1 is 1.25 bits per heavy atom. The van der Waals surface area contributed by atoms with E-state index >= 15 is 0 Å². The number of amides is 2. The zero-order valence-corrected chi connectivity index (χ0v) is 14.6. The summed E-state index contributed by atoms with van der Waals surface area (Å²) in [5, 5.41) is 15.1. The molecule has 0 aliphatic carbocycles. The van der Waals surface area contributed by atoms with Crippen molar-refractivity contribution in [1.82, 2.24) is 10.2 Å². The van der Waals surface area contributed by atoms with Gasteiger partial charge < -0.3 is 15.0 Å². The van der Waals surface area contributed by atoms with Gasteiger partial charge in [-0.05, 0) is 50.5 Å². The molecule has 0 radical (unpaired) electrons. The Kier molecular flexibility index (Phi) is 5.14. The molecule has 24 heavy (non-hydrogen) atoms. The van der Waals surface area contributed by atoms with E-state index in [2.05, 4.69) is 32.7 Å². The lowest BCUT2D eigenvalue weighted by Gasteiger charge is -2.32. The average Bonchev–Trinajstić information content (AvgIpc) is 3.04. The Morgan fingerprint density at radius 3 is 2.75 bits per heavy atom. The highest BCUT2D eigenvalue weighted by atomic mass is 32.1. The fourth-order valence-corrected chi connectivity index (χ4v) is 3.57. The zero-order valence-electron chi connectivity index (χ0n) is 13.8. The van der Waals surface area contributed by atoms with E-state index in [0.717, 1.165) is 17.4 Å². The van der Waals surface area contributed by atoms with Gasteiger partial charge in [-0.25, -0.2) is 4.79 Å². The second kappa shape index (κ2) is 7.48. The molecule has 1 fully saturated rings. The number of nitrogens with one attached hydrogen (secondary N) is 2. The fourth-order valence-electron chi connectivity index (χ4n) is 2.70. The first kappa shape index (κ1) is 16.5. The molecule has 1 aliphatic heterocycles. The van der Waals surface area contributed by atoms with Crippen molar-refractivity contribution >= 4 is 33.3 Å². The van der Waals surface area contributed by atoms with Crippen LogP contribution in [0.3, 0.4) is 0 Å². The molecule has 0 saturated carbocycles. The second-order valence-corrected chi connectivity index (χ2v) is 6.69. The SMILES string of the molecule is COc1ccc(NC(=O)Nc2nnc(N3CCCC[C@H]3C)s2)cc1. The van der Waals surface area contributed by atoms with Gasteiger partial charge in [-0.2, -0.15) is 0 Å². The maximum absolute atomic E-state index is 12.1. The van der Waals surface area contributed by atoms with Crippen molar-refractivity contribution < 1.29 is 9.53 Å². The number of piperidine rings is 1. The molecule has 0 bridgehead atoms. The van der Waals surface area contributed by atoms with Crippen LogP contribution < -0.4 is 20.3 Å². The Labute approximate surface area is 145 Å². The molecule has 1 atom stereocenters. The molecule has 1 aromatic carbocycles. The Hall–Kier alpha value is -2.35. The molecule has 1 saturated heterocycles. The summed E-state index contributed by atoms with van der Waals surface area (Å²) in [6, 6.07) is 7.26. The summed E-state index contributed by atoms with van der Waals surface area (Å²) >= 11 is 1.40. The average molecular weight is 347 g/mol. The van der Waals surface area contributed by atoms with Gasteiger partial charge in [0.25, 0.3) is 0 Å². The highest BCUT2D eigenvalue weighted by Gasteiger charge is 2.22. The molecular weight excluding hydrogens is 326 g/mol. The molecule has 2 heterocycles. The van der Waals surface area contributed by atoms with Crippen LogP contribution in [0.1, 0.15) is 26.2 Å². The molecule has 0 unspecified atom stereocenters. The van der Waals surface area contributed by atoms with Crippen molar-refractivity contribution in [1.29, 1.82) is 0 Å². The summed E-state index contributed by atoms with van der Waals surface area (Å²) in [6.45, 7) is 3.19. The molecule has 0 spiro atoms. The monoisotopic (exact) mass is 347 g/mol. The van der Waals surface area contributed by atoms with Crippen LogP contribution in [-0.4, -0.2) is 35.9 Å². The molecular formula is C16H21N5O2S. The van der Waals surface area contributed by atoms with Crippen molar-refractivity contribution in [2.45, 2.75) is 32.2 Å². The van der Waals surface area contributed by atoms with Gasteiger partial charge in [0.2, 0.25) is 10.3 Å². The quantitative estimate of drug-likeness (QED) is 0.884. The lowest BCUT2D eigenvalue weighted by atomic mass is 10.1. The van der Waals surface area contributed by atoms with Crippen LogP contribution in [0.15, 0.2) is 24.3 Å². The predicted molar refractivity (Wildman–Crippen MR) is 96.2 cm³/mol. The van der Waals surface area contributed by atoms with Crippen LogP contribution >= 0.6 is 11.3 Å². The van der Waals surface area contributed by atoms with E-state index in [4.69, 9.17) is 4.74 Å². The summed E-state index contributed by atoms with van der Waals surface area (Å²) in [5.74, 6) is 0.741. The van der Waals surface area contributed by atoms with Crippen LogP contribution in [0.5, 0.6) is 5.75 Å². The van der Waals surface area contributed by atoms with E-state index in [1.807, 2.05) is 0 Å². The van der Waals surface area contributed by atoms with Gasteiger partial charge in [-0.1, -0.05) is 11.3 Å². The number of benzene rings is 1. The highest BCUT2D eigenvalue weighted by molar-refractivity contribution is 7.19. The van der Waals surface area contributed by atoms with E-state index in [0.29, 0.717) is 16.9 Å². The number of carbonyl (C=O) groups is 1. The first-order valence-electron chi connectivity index (χ1n) is 7.98. The smallest absolute Gasteiger partial charge is 0.325 e. The van der Waals surface area contributed by atoms with E-state index in [-0.39, 0.29) is 6.03 Å². The van der Waals surface area contributed by atoms with Gasteiger partial charge in [-0.15, -0.1) is 10.2 Å². The number of ether oxygens (including phenoxy) is 1. The Balaban J connectivity index is 1.58. The number of aromatic nitrogens is 2. The molecule has 3 rings (SSSR count). The van der Waals surface area contributed by atoms with Gasteiger partial charge >= 0.3 is 6.03 Å². The number of nitrogens with zero attached hydrogens (tertiary/aromatic N) is 3.